The van der Waals surface area contributed by atoms with E-state index in [2.05, 4.69) is 29.1 Å². The lowest BCUT2D eigenvalue weighted by Crippen LogP contribution is -2.38. The average Bonchev–Trinajstić information content (AvgIpc) is 2.75. The van der Waals surface area contributed by atoms with Crippen LogP contribution in [0.2, 0.25) is 0 Å². The molecule has 0 aromatic carbocycles. The third-order valence-corrected chi connectivity index (χ3v) is 4.61. The maximum absolute atomic E-state index is 11.9. The first kappa shape index (κ1) is 19.9. The fourth-order valence-corrected chi connectivity index (χ4v) is 3.06. The number of aliphatic imine (C=N–C) groups is 1. The van der Waals surface area contributed by atoms with Gasteiger partial charge in [-0.05, 0) is 26.2 Å². The number of likely N-dealkylation sites (tertiary alicyclic amines) is 1. The Kier molecular flexibility index (Phi) is 11.5. The van der Waals surface area contributed by atoms with E-state index >= 15 is 0 Å². The van der Waals surface area contributed by atoms with E-state index in [4.69, 9.17) is 0 Å². The number of rotatable bonds is 10. The lowest BCUT2D eigenvalue weighted by Gasteiger charge is -2.20. The van der Waals surface area contributed by atoms with Gasteiger partial charge in [0.05, 0.1) is 0 Å². The maximum Gasteiger partial charge on any atom is 0.222 e. The summed E-state index contributed by atoms with van der Waals surface area (Å²) in [6, 6.07) is 0. The minimum absolute atomic E-state index is 0.316. The molecule has 23 heavy (non-hydrogen) atoms. The summed E-state index contributed by atoms with van der Waals surface area (Å²) in [4.78, 5) is 18.5. The lowest BCUT2D eigenvalue weighted by atomic mass is 10.2. The highest BCUT2D eigenvalue weighted by Crippen LogP contribution is 2.11. The van der Waals surface area contributed by atoms with E-state index in [0.29, 0.717) is 5.91 Å². The van der Waals surface area contributed by atoms with E-state index in [-0.39, 0.29) is 0 Å². The Hall–Kier alpha value is -1.17. The highest BCUT2D eigenvalue weighted by molar-refractivity contribution is 7.99. The van der Waals surface area contributed by atoms with Gasteiger partial charge in [0.15, 0.2) is 5.96 Å². The highest BCUT2D eigenvalue weighted by Gasteiger charge is 2.15. The molecule has 1 aliphatic heterocycles. The first-order valence-corrected chi connectivity index (χ1v) is 9.92. The molecule has 0 atom stereocenters. The maximum atomic E-state index is 11.9. The third-order valence-electron chi connectivity index (χ3n) is 3.65. The van der Waals surface area contributed by atoms with Crippen LogP contribution in [0.5, 0.6) is 0 Å². The minimum atomic E-state index is 0.316. The number of thioether (sulfide) groups is 1. The van der Waals surface area contributed by atoms with Crippen LogP contribution in [0.25, 0.3) is 0 Å². The largest absolute Gasteiger partial charge is 0.357 e. The Morgan fingerprint density at radius 1 is 1.39 bits per heavy atom. The predicted octanol–water partition coefficient (Wildman–Crippen LogP) is 2.25. The summed E-state index contributed by atoms with van der Waals surface area (Å²) in [5, 5.41) is 6.60. The molecule has 0 radical (unpaired) electrons. The van der Waals surface area contributed by atoms with Crippen LogP contribution >= 0.6 is 11.8 Å². The summed E-state index contributed by atoms with van der Waals surface area (Å²) in [6.45, 7) is 10.0. The number of amides is 1. The van der Waals surface area contributed by atoms with Crippen molar-refractivity contribution in [2.45, 2.75) is 39.0 Å². The number of carbonyl (C=O) groups excluding carboxylic acids is 1. The van der Waals surface area contributed by atoms with Crippen LogP contribution in [0.4, 0.5) is 0 Å². The van der Waals surface area contributed by atoms with E-state index in [1.165, 1.54) is 6.42 Å². The molecule has 132 valence electrons. The second-order valence-electron chi connectivity index (χ2n) is 5.60. The Morgan fingerprint density at radius 3 is 3.04 bits per heavy atom. The van der Waals surface area contributed by atoms with Crippen LogP contribution in [0.15, 0.2) is 17.6 Å². The number of guanidine groups is 1. The summed E-state index contributed by atoms with van der Waals surface area (Å²) in [7, 11) is 0. The molecule has 1 heterocycles. The number of hydrogen-bond donors (Lipinski definition) is 2. The Morgan fingerprint density at radius 2 is 2.26 bits per heavy atom. The first-order chi connectivity index (χ1) is 11.3. The molecule has 2 N–H and O–H groups in total. The fourth-order valence-electron chi connectivity index (χ4n) is 2.48. The van der Waals surface area contributed by atoms with Gasteiger partial charge in [-0.3, -0.25) is 9.79 Å². The van der Waals surface area contributed by atoms with Crippen molar-refractivity contribution >= 4 is 23.6 Å². The molecule has 0 spiro atoms. The SMILES string of the molecule is C=CCSCCNC(=NCCCN1CCCCCC1=O)NCC. The molecular formula is C17H32N4OS. The van der Waals surface area contributed by atoms with Gasteiger partial charge in [-0.15, -0.1) is 6.58 Å². The lowest BCUT2D eigenvalue weighted by molar-refractivity contribution is -0.130. The van der Waals surface area contributed by atoms with Gasteiger partial charge in [-0.25, -0.2) is 0 Å². The summed E-state index contributed by atoms with van der Waals surface area (Å²) < 4.78 is 0. The molecule has 5 nitrogen and oxygen atoms in total. The Balaban J connectivity index is 2.24. The quantitative estimate of drug-likeness (QED) is 0.277. The molecule has 1 rings (SSSR count). The van der Waals surface area contributed by atoms with Gasteiger partial charge >= 0.3 is 0 Å². The molecule has 0 bridgehead atoms. The molecule has 0 aromatic heterocycles. The molecule has 0 aliphatic carbocycles. The van der Waals surface area contributed by atoms with Crippen molar-refractivity contribution in [3.05, 3.63) is 12.7 Å². The van der Waals surface area contributed by atoms with Crippen molar-refractivity contribution in [1.82, 2.24) is 15.5 Å². The summed E-state index contributed by atoms with van der Waals surface area (Å²) in [5.74, 6) is 3.21. The number of nitrogens with zero attached hydrogens (tertiary/aromatic N) is 2. The van der Waals surface area contributed by atoms with Crippen molar-refractivity contribution in [3.8, 4) is 0 Å². The van der Waals surface area contributed by atoms with Gasteiger partial charge in [0.2, 0.25) is 5.91 Å². The van der Waals surface area contributed by atoms with Crippen LogP contribution in [-0.4, -0.2) is 61.0 Å². The zero-order valence-corrected chi connectivity index (χ0v) is 15.3. The molecule has 1 fully saturated rings. The van der Waals surface area contributed by atoms with E-state index in [1.54, 1.807) is 0 Å². The number of nitrogens with one attached hydrogen (secondary N) is 2. The van der Waals surface area contributed by atoms with Crippen molar-refractivity contribution < 1.29 is 4.79 Å². The summed E-state index contributed by atoms with van der Waals surface area (Å²) in [5.41, 5.74) is 0. The molecule has 0 aromatic rings. The van der Waals surface area contributed by atoms with Crippen LogP contribution in [-0.2, 0) is 4.79 Å². The van der Waals surface area contributed by atoms with Crippen LogP contribution in [0.3, 0.4) is 0 Å². The second kappa shape index (κ2) is 13.3. The zero-order chi connectivity index (χ0) is 16.8. The fraction of sp³-hybridized carbons (Fsp3) is 0.765. The van der Waals surface area contributed by atoms with Crippen LogP contribution < -0.4 is 10.6 Å². The molecule has 0 saturated carbocycles. The third kappa shape index (κ3) is 9.54. The molecular weight excluding hydrogens is 308 g/mol. The van der Waals surface area contributed by atoms with Gasteiger partial charge in [-0.1, -0.05) is 12.5 Å². The van der Waals surface area contributed by atoms with Crippen molar-refractivity contribution in [2.75, 3.05) is 44.2 Å². The summed E-state index contributed by atoms with van der Waals surface area (Å²) >= 11 is 1.86. The van der Waals surface area contributed by atoms with Gasteiger partial charge in [-0.2, -0.15) is 11.8 Å². The Labute approximate surface area is 145 Å². The predicted molar refractivity (Wildman–Crippen MR) is 101 cm³/mol. The topological polar surface area (TPSA) is 56.7 Å². The molecule has 6 heteroatoms. The monoisotopic (exact) mass is 340 g/mol. The average molecular weight is 341 g/mol. The van der Waals surface area contributed by atoms with E-state index in [0.717, 1.165) is 75.9 Å². The van der Waals surface area contributed by atoms with E-state index < -0.39 is 0 Å². The number of carbonyl (C=O) groups is 1. The second-order valence-corrected chi connectivity index (χ2v) is 6.75. The van der Waals surface area contributed by atoms with E-state index in [1.807, 2.05) is 22.7 Å². The molecule has 0 unspecified atom stereocenters. The van der Waals surface area contributed by atoms with Crippen molar-refractivity contribution in [1.29, 1.82) is 0 Å². The Bertz CT molecular complexity index is 374. The standard InChI is InChI=1S/C17H32N4OS/c1-3-14-23-15-11-20-17(18-4-2)19-10-8-13-21-12-7-5-6-9-16(21)22/h3H,1,4-15H2,2H3,(H2,18,19,20). The molecule has 1 amide bonds. The molecule has 1 saturated heterocycles. The molecule has 1 aliphatic rings. The van der Waals surface area contributed by atoms with Crippen molar-refractivity contribution in [2.24, 2.45) is 4.99 Å². The first-order valence-electron chi connectivity index (χ1n) is 8.76. The van der Waals surface area contributed by atoms with Crippen molar-refractivity contribution in [3.63, 3.8) is 0 Å². The van der Waals surface area contributed by atoms with Gasteiger partial charge in [0.25, 0.3) is 0 Å². The highest BCUT2D eigenvalue weighted by atomic mass is 32.2. The zero-order valence-electron chi connectivity index (χ0n) is 14.5. The van der Waals surface area contributed by atoms with E-state index in [9.17, 15) is 4.79 Å². The smallest absolute Gasteiger partial charge is 0.222 e. The summed E-state index contributed by atoms with van der Waals surface area (Å²) in [6.07, 6.45) is 6.93. The van der Waals surface area contributed by atoms with Gasteiger partial charge in [0.1, 0.15) is 0 Å². The van der Waals surface area contributed by atoms with Gasteiger partial charge in [0, 0.05) is 50.7 Å². The van der Waals surface area contributed by atoms with Crippen LogP contribution in [0.1, 0.15) is 39.0 Å². The van der Waals surface area contributed by atoms with Gasteiger partial charge < -0.3 is 15.5 Å². The normalized spacial score (nSPS) is 16.1. The minimum Gasteiger partial charge on any atom is -0.357 e. The van der Waals surface area contributed by atoms with Crippen LogP contribution in [0, 0.1) is 0 Å². The number of hydrogen-bond acceptors (Lipinski definition) is 3.